The predicted octanol–water partition coefficient (Wildman–Crippen LogP) is 5.92. The van der Waals surface area contributed by atoms with Gasteiger partial charge < -0.3 is 70.6 Å². The zero-order valence-electron chi connectivity index (χ0n) is 50.4. The number of anilines is 2. The molecule has 87 heavy (non-hydrogen) atoms. The summed E-state index contributed by atoms with van der Waals surface area (Å²) in [6.45, 7) is 14.5. The highest BCUT2D eigenvalue weighted by molar-refractivity contribution is 7.92. The first-order chi connectivity index (χ1) is 41.4. The Morgan fingerprint density at radius 2 is 1.32 bits per heavy atom. The molecular weight excluding hydrogens is 1150 g/mol. The molecule has 2 heterocycles. The maximum atomic E-state index is 13.7. The standard InChI is InChI=1S/C59H81N11O16S/c1-38(2)51(67-50(71)23-25-79-26-27-80-28-29-81-30-31-82-32-33-84-69-57(75)85-59(5,6)7)55(73)66-46(10-9-24-62-56(61)74)54(72)64-44-19-13-41(14-20-44)37-83-58(76)70(8)36-40-11-15-42(16-12-40)47-34-49(86-68-47)52-53(60)63-35-48(65-52)43-17-21-45(22-18-43)87(77,78)39(3)4/h11-22,34-35,38-39,46,51H,9-10,23-33,36-37H2,1-8H3,(H2,60,63)(H,64,72)(H,66,73)(H,67,71)(H,69,75)(H3,61,62,74)/t46-,51-/m0/s1. The van der Waals surface area contributed by atoms with Gasteiger partial charge in [-0.15, -0.1) is 0 Å². The predicted molar refractivity (Wildman–Crippen MR) is 321 cm³/mol. The third kappa shape index (κ3) is 24.2. The Balaban J connectivity index is 1.01. The second-order valence-corrected chi connectivity index (χ2v) is 23.9. The summed E-state index contributed by atoms with van der Waals surface area (Å²) in [5.74, 6) is -1.54. The number of rotatable bonds is 35. The van der Waals surface area contributed by atoms with Crippen LogP contribution in [0.3, 0.4) is 0 Å². The lowest BCUT2D eigenvalue weighted by molar-refractivity contribution is -0.132. The van der Waals surface area contributed by atoms with Gasteiger partial charge in [-0.3, -0.25) is 19.2 Å². The van der Waals surface area contributed by atoms with Crippen LogP contribution in [0.15, 0.2) is 94.5 Å². The molecule has 3 aromatic carbocycles. The number of amides is 7. The van der Waals surface area contributed by atoms with Crippen molar-refractivity contribution in [1.82, 2.24) is 41.5 Å². The van der Waals surface area contributed by atoms with Gasteiger partial charge in [0.1, 0.15) is 30.0 Å². The molecule has 5 rings (SSSR count). The van der Waals surface area contributed by atoms with E-state index in [9.17, 15) is 37.2 Å². The molecule has 0 aliphatic rings. The van der Waals surface area contributed by atoms with Crippen molar-refractivity contribution in [3.63, 3.8) is 0 Å². The van der Waals surface area contributed by atoms with Crippen LogP contribution in [0.4, 0.5) is 25.9 Å². The van der Waals surface area contributed by atoms with Gasteiger partial charge in [0.25, 0.3) is 0 Å². The Kier molecular flexibility index (Phi) is 27.8. The number of hydroxylamine groups is 1. The van der Waals surface area contributed by atoms with Crippen LogP contribution in [0.1, 0.15) is 78.9 Å². The number of primary amides is 1. The Labute approximate surface area is 506 Å². The molecule has 474 valence electrons. The second-order valence-electron chi connectivity index (χ2n) is 21.4. The van der Waals surface area contributed by atoms with Crippen LogP contribution in [0.25, 0.3) is 34.0 Å². The topological polar surface area (TPSA) is 368 Å². The molecule has 0 saturated carbocycles. The number of carbonyl (C=O) groups is 6. The van der Waals surface area contributed by atoms with Gasteiger partial charge in [-0.25, -0.2) is 32.8 Å². The van der Waals surface area contributed by atoms with Crippen LogP contribution in [0.5, 0.6) is 0 Å². The van der Waals surface area contributed by atoms with Crippen molar-refractivity contribution in [2.75, 3.05) is 84.1 Å². The molecular formula is C59H81N11O16S. The van der Waals surface area contributed by atoms with Gasteiger partial charge in [-0.05, 0) is 88.8 Å². The first-order valence-corrected chi connectivity index (χ1v) is 29.8. The van der Waals surface area contributed by atoms with E-state index in [-0.39, 0.29) is 100 Å². The smallest absolute Gasteiger partial charge is 0.431 e. The lowest BCUT2D eigenvalue weighted by Gasteiger charge is -2.25. The number of urea groups is 1. The summed E-state index contributed by atoms with van der Waals surface area (Å²) in [5.41, 5.74) is 17.4. The van der Waals surface area contributed by atoms with Gasteiger partial charge in [0.2, 0.25) is 17.7 Å². The van der Waals surface area contributed by atoms with E-state index >= 15 is 0 Å². The van der Waals surface area contributed by atoms with E-state index < -0.39 is 68.7 Å². The highest BCUT2D eigenvalue weighted by Crippen LogP contribution is 2.31. The Morgan fingerprint density at radius 3 is 1.92 bits per heavy atom. The molecule has 0 unspecified atom stereocenters. The van der Waals surface area contributed by atoms with Gasteiger partial charge >= 0.3 is 18.2 Å². The van der Waals surface area contributed by atoms with Crippen LogP contribution in [-0.2, 0) is 70.6 Å². The molecule has 0 radical (unpaired) electrons. The normalized spacial score (nSPS) is 12.3. The van der Waals surface area contributed by atoms with Crippen molar-refractivity contribution >= 4 is 57.3 Å². The summed E-state index contributed by atoms with van der Waals surface area (Å²) >= 11 is 0. The minimum atomic E-state index is -3.45. The minimum absolute atomic E-state index is 0.0371. The van der Waals surface area contributed by atoms with Crippen LogP contribution in [0.2, 0.25) is 0 Å². The van der Waals surface area contributed by atoms with Gasteiger partial charge in [0, 0.05) is 49.4 Å². The number of nitrogens with two attached hydrogens (primary N) is 2. The molecule has 2 atom stereocenters. The summed E-state index contributed by atoms with van der Waals surface area (Å²) in [4.78, 5) is 91.8. The van der Waals surface area contributed by atoms with E-state index in [4.69, 9.17) is 49.2 Å². The summed E-state index contributed by atoms with van der Waals surface area (Å²) in [6, 6.07) is 19.2. The lowest BCUT2D eigenvalue weighted by atomic mass is 10.0. The first kappa shape index (κ1) is 69.5. The van der Waals surface area contributed by atoms with Crippen molar-refractivity contribution in [2.24, 2.45) is 11.7 Å². The SMILES string of the molecule is CC(C)[C@H](NC(=O)CCOCCOCCOCCOCCONC(=O)OC(C)(C)C)C(=O)N[C@@H](CCCNC(N)=O)C(=O)Nc1ccc(COC(=O)N(C)Cc2ccc(-c3cc(-c4nc(-c5ccc(S(=O)(=O)C(C)C)cc5)cnc4N)on3)cc2)cc1. The summed E-state index contributed by atoms with van der Waals surface area (Å²) in [7, 11) is -1.85. The molecule has 0 aliphatic carbocycles. The Morgan fingerprint density at radius 1 is 0.736 bits per heavy atom. The van der Waals surface area contributed by atoms with Crippen LogP contribution >= 0.6 is 0 Å². The van der Waals surface area contributed by atoms with Gasteiger partial charge in [-0.2, -0.15) is 5.48 Å². The number of carbonyl (C=O) groups excluding carboxylic acids is 6. The highest BCUT2D eigenvalue weighted by atomic mass is 32.2. The molecule has 2 aromatic heterocycles. The molecule has 0 bridgehead atoms. The number of nitrogens with zero attached hydrogens (tertiary/aromatic N) is 4. The Hall–Kier alpha value is -8.28. The van der Waals surface area contributed by atoms with E-state index in [1.165, 1.54) is 23.2 Å². The number of hydrogen-bond donors (Lipinski definition) is 7. The maximum absolute atomic E-state index is 13.7. The van der Waals surface area contributed by atoms with Crippen LogP contribution < -0.4 is 38.2 Å². The number of nitrogen functional groups attached to an aromatic ring is 1. The van der Waals surface area contributed by atoms with Crippen molar-refractivity contribution < 1.29 is 75.0 Å². The van der Waals surface area contributed by atoms with Gasteiger partial charge in [0.05, 0.1) is 81.5 Å². The molecule has 5 aromatic rings. The van der Waals surface area contributed by atoms with E-state index in [0.717, 1.165) is 11.1 Å². The number of hydrogen-bond acceptors (Lipinski definition) is 20. The first-order valence-electron chi connectivity index (χ1n) is 28.3. The monoisotopic (exact) mass is 1230 g/mol. The highest BCUT2D eigenvalue weighted by Gasteiger charge is 2.29. The zero-order valence-corrected chi connectivity index (χ0v) is 51.2. The summed E-state index contributed by atoms with van der Waals surface area (Å²) < 4.78 is 63.4. The fraction of sp³-hybridized carbons (Fsp3) is 0.475. The average Bonchev–Trinajstić information content (AvgIpc) is 2.78. The number of sulfone groups is 1. The number of ether oxygens (including phenoxy) is 6. The molecule has 9 N–H and O–H groups in total. The minimum Gasteiger partial charge on any atom is -0.445 e. The van der Waals surface area contributed by atoms with Gasteiger partial charge in [0.15, 0.2) is 27.1 Å². The Bertz CT molecular complexity index is 3120. The van der Waals surface area contributed by atoms with E-state index in [1.807, 2.05) is 24.3 Å². The van der Waals surface area contributed by atoms with Gasteiger partial charge in [-0.1, -0.05) is 67.5 Å². The summed E-state index contributed by atoms with van der Waals surface area (Å²) in [5, 5.41) is 14.4. The van der Waals surface area contributed by atoms with Crippen molar-refractivity contribution in [1.29, 1.82) is 0 Å². The van der Waals surface area contributed by atoms with E-state index in [0.29, 0.717) is 54.6 Å². The summed E-state index contributed by atoms with van der Waals surface area (Å²) in [6.07, 6.45) is 0.590. The van der Waals surface area contributed by atoms with Crippen LogP contribution in [0, 0.1) is 5.92 Å². The number of nitrogens with one attached hydrogen (secondary N) is 5. The average molecular weight is 1230 g/mol. The second kappa shape index (κ2) is 34.8. The van der Waals surface area contributed by atoms with E-state index in [2.05, 4.69) is 41.9 Å². The molecule has 27 nitrogen and oxygen atoms in total. The number of aromatic nitrogens is 3. The third-order valence-electron chi connectivity index (χ3n) is 12.5. The van der Waals surface area contributed by atoms with Crippen LogP contribution in [-0.4, -0.2) is 160 Å². The molecule has 0 aliphatic heterocycles. The fourth-order valence-electron chi connectivity index (χ4n) is 7.88. The van der Waals surface area contributed by atoms with Crippen molar-refractivity contribution in [2.45, 2.75) is 109 Å². The molecule has 7 amide bonds. The molecule has 28 heteroatoms. The third-order valence-corrected chi connectivity index (χ3v) is 14.7. The zero-order chi connectivity index (χ0) is 63.5. The van der Waals surface area contributed by atoms with Crippen molar-refractivity contribution in [3.05, 3.63) is 96.2 Å². The quantitative estimate of drug-likeness (QED) is 0.0183. The van der Waals surface area contributed by atoms with E-state index in [1.54, 1.807) is 98.0 Å². The van der Waals surface area contributed by atoms with Crippen molar-refractivity contribution in [3.8, 4) is 34.0 Å². The largest absolute Gasteiger partial charge is 0.445 e. The lowest BCUT2D eigenvalue weighted by Crippen LogP contribution is -2.54. The molecule has 0 spiro atoms. The number of benzene rings is 3. The maximum Gasteiger partial charge on any atom is 0.431 e. The molecule has 0 saturated heterocycles. The molecule has 0 fully saturated rings. The fourth-order valence-corrected chi connectivity index (χ4v) is 8.94.